The number of benzene rings is 2. The van der Waals surface area contributed by atoms with Crippen LogP contribution in [0, 0.1) is 0 Å². The summed E-state index contributed by atoms with van der Waals surface area (Å²) in [5, 5.41) is 8.23. The van der Waals surface area contributed by atoms with E-state index in [2.05, 4.69) is 16.0 Å². The molecule has 1 fully saturated rings. The van der Waals surface area contributed by atoms with E-state index in [-0.39, 0.29) is 55.3 Å². The normalized spacial score (nSPS) is 16.9. The summed E-state index contributed by atoms with van der Waals surface area (Å²) in [6, 6.07) is 7.88. The Morgan fingerprint density at radius 3 is 2.31 bits per heavy atom. The van der Waals surface area contributed by atoms with Crippen LogP contribution in [0.2, 0.25) is 0 Å². The Morgan fingerprint density at radius 2 is 1.63 bits per heavy atom. The lowest BCUT2D eigenvalue weighted by Gasteiger charge is -2.31. The quantitative estimate of drug-likeness (QED) is 0.145. The summed E-state index contributed by atoms with van der Waals surface area (Å²) in [4.78, 5) is 94.2. The Labute approximate surface area is 289 Å². The van der Waals surface area contributed by atoms with E-state index in [1.165, 1.54) is 30.5 Å². The van der Waals surface area contributed by atoms with Gasteiger partial charge in [-0.1, -0.05) is 36.4 Å². The molecule has 14 nitrogen and oxygen atoms in total. The third-order valence-electron chi connectivity index (χ3n) is 8.46. The van der Waals surface area contributed by atoms with Crippen molar-refractivity contribution in [2.45, 2.75) is 57.3 Å². The number of hydrogen-bond acceptors (Lipinski definition) is 11. The highest BCUT2D eigenvalue weighted by Crippen LogP contribution is 2.32. The topological polar surface area (TPSA) is 214 Å². The van der Waals surface area contributed by atoms with Crippen molar-refractivity contribution in [3.63, 3.8) is 0 Å². The number of rotatable bonds is 14. The van der Waals surface area contributed by atoms with E-state index in [1.807, 2.05) is 6.26 Å². The number of nitrogens with one attached hydrogen (secondary N) is 3. The molecule has 15 heteroatoms. The Bertz CT molecular complexity index is 1630. The summed E-state index contributed by atoms with van der Waals surface area (Å²) < 4.78 is 0. The number of thioether (sulfide) groups is 1. The molecule has 2 aliphatic rings. The fraction of sp³-hybridized carbons (Fsp3) is 0.441. The Kier molecular flexibility index (Phi) is 12.7. The summed E-state index contributed by atoms with van der Waals surface area (Å²) >= 11 is 1.40. The zero-order valence-electron chi connectivity index (χ0n) is 27.8. The Morgan fingerprint density at radius 1 is 0.959 bits per heavy atom. The second-order valence-electron chi connectivity index (χ2n) is 12.1. The van der Waals surface area contributed by atoms with Gasteiger partial charge in [0.25, 0.3) is 11.8 Å². The van der Waals surface area contributed by atoms with Gasteiger partial charge in [0.15, 0.2) is 11.6 Å². The maximum atomic E-state index is 14.0. The van der Waals surface area contributed by atoms with Gasteiger partial charge in [-0.3, -0.25) is 38.5 Å². The van der Waals surface area contributed by atoms with Crippen molar-refractivity contribution < 1.29 is 33.6 Å². The second kappa shape index (κ2) is 16.7. The number of anilines is 1. The van der Waals surface area contributed by atoms with E-state index >= 15 is 0 Å². The van der Waals surface area contributed by atoms with Crippen LogP contribution in [0.1, 0.15) is 65.0 Å². The van der Waals surface area contributed by atoms with Gasteiger partial charge in [-0.25, -0.2) is 0 Å². The molecule has 2 aromatic rings. The molecule has 1 saturated heterocycles. The lowest BCUT2D eigenvalue weighted by atomic mass is 9.83. The number of ketones is 2. The number of nitrogens with two attached hydrogens (primary N) is 2. The van der Waals surface area contributed by atoms with Crippen LogP contribution in [-0.4, -0.2) is 113 Å². The highest BCUT2D eigenvalue weighted by atomic mass is 32.2. The lowest BCUT2D eigenvalue weighted by Crippen LogP contribution is -2.57. The van der Waals surface area contributed by atoms with E-state index in [9.17, 15) is 33.6 Å². The number of imide groups is 1. The molecule has 5 amide bonds. The minimum Gasteiger partial charge on any atom is -0.384 e. The number of hydrogen-bond donors (Lipinski definition) is 5. The third kappa shape index (κ3) is 8.53. The zero-order valence-corrected chi connectivity index (χ0v) is 28.6. The summed E-state index contributed by atoms with van der Waals surface area (Å²) in [5.74, 6) is -2.99. The van der Waals surface area contributed by atoms with Crippen molar-refractivity contribution in [2.75, 3.05) is 43.5 Å². The maximum absolute atomic E-state index is 14.0. The van der Waals surface area contributed by atoms with Gasteiger partial charge in [0, 0.05) is 47.8 Å². The molecule has 2 aromatic carbocycles. The van der Waals surface area contributed by atoms with Crippen LogP contribution < -0.4 is 27.4 Å². The van der Waals surface area contributed by atoms with Gasteiger partial charge in [0.1, 0.15) is 12.1 Å². The predicted molar refractivity (Wildman–Crippen MR) is 185 cm³/mol. The number of nitrogens with zero attached hydrogens (tertiary/aromatic N) is 2. The zero-order chi connectivity index (χ0) is 35.8. The Balaban J connectivity index is 1.47. The lowest BCUT2D eigenvalue weighted by molar-refractivity contribution is -0.152. The number of amides is 5. The minimum absolute atomic E-state index is 0.0768. The van der Waals surface area contributed by atoms with E-state index in [4.69, 9.17) is 11.5 Å². The first-order valence-corrected chi connectivity index (χ1v) is 17.5. The molecule has 4 rings (SSSR count). The van der Waals surface area contributed by atoms with Gasteiger partial charge in [-0.05, 0) is 45.4 Å². The van der Waals surface area contributed by atoms with Crippen LogP contribution in [0.5, 0.6) is 0 Å². The number of carbonyl (C=O) groups excluding carboxylic acids is 7. The van der Waals surface area contributed by atoms with Crippen molar-refractivity contribution in [1.29, 1.82) is 0 Å². The van der Waals surface area contributed by atoms with Gasteiger partial charge < -0.3 is 32.3 Å². The summed E-state index contributed by atoms with van der Waals surface area (Å²) in [6.45, 7) is 2.96. The summed E-state index contributed by atoms with van der Waals surface area (Å²) in [6.07, 6.45) is 2.86. The van der Waals surface area contributed by atoms with Crippen LogP contribution in [0.15, 0.2) is 42.5 Å². The van der Waals surface area contributed by atoms with Crippen molar-refractivity contribution in [3.05, 3.63) is 64.7 Å². The third-order valence-corrected chi connectivity index (χ3v) is 9.15. The average molecular weight is 694 g/mol. The SMILES string of the molecule is CSC[C@H](N)C(=O)NCC(=O)N1CCC[C@H]1C(=O)N(CCCNc1cccc2c1C(=O)c1ccccc1C2=O)C(=O)[C@H](C)NC(=O)[C@H](C)N. The monoisotopic (exact) mass is 693 g/mol. The van der Waals surface area contributed by atoms with E-state index in [1.54, 1.807) is 42.5 Å². The molecule has 7 N–H and O–H groups in total. The van der Waals surface area contributed by atoms with Gasteiger partial charge in [0.05, 0.1) is 24.2 Å². The molecule has 1 aliphatic heterocycles. The standard InChI is InChI=1S/C34H43N7O7S/c1-19(35)31(45)39-20(2)33(47)41(34(48)26-13-7-15-40(26)27(42)17-38-32(46)24(36)18-49-3)16-8-14-37-25-12-6-11-23-28(25)30(44)22-10-5-4-9-21(22)29(23)43/h4-6,9-12,19-20,24,26,37H,7-8,13-18,35-36H2,1-3H3,(H,38,46)(H,39,45)/t19-,20-,24-,26-/m0/s1. The van der Waals surface area contributed by atoms with Crippen LogP contribution in [0.3, 0.4) is 0 Å². The first kappa shape index (κ1) is 37.2. The van der Waals surface area contributed by atoms with E-state index < -0.39 is 53.7 Å². The van der Waals surface area contributed by atoms with Crippen molar-refractivity contribution in [1.82, 2.24) is 20.4 Å². The number of likely N-dealkylation sites (tertiary alicyclic amines) is 1. The van der Waals surface area contributed by atoms with Crippen LogP contribution >= 0.6 is 11.8 Å². The van der Waals surface area contributed by atoms with Crippen molar-refractivity contribution in [3.8, 4) is 0 Å². The fourth-order valence-electron chi connectivity index (χ4n) is 5.87. The molecule has 0 unspecified atom stereocenters. The van der Waals surface area contributed by atoms with Crippen LogP contribution in [-0.2, 0) is 24.0 Å². The molecule has 4 atom stereocenters. The van der Waals surface area contributed by atoms with Crippen LogP contribution in [0.25, 0.3) is 0 Å². The van der Waals surface area contributed by atoms with Gasteiger partial charge in [-0.15, -0.1) is 0 Å². The van der Waals surface area contributed by atoms with Crippen molar-refractivity contribution >= 4 is 58.6 Å². The highest BCUT2D eigenvalue weighted by Gasteiger charge is 2.39. The molecule has 1 heterocycles. The van der Waals surface area contributed by atoms with E-state index in [0.29, 0.717) is 35.4 Å². The molecule has 1 aliphatic carbocycles. The fourth-order valence-corrected chi connectivity index (χ4v) is 6.38. The number of carbonyl (C=O) groups is 7. The number of fused-ring (bicyclic) bond motifs is 2. The molecule has 0 saturated carbocycles. The first-order valence-electron chi connectivity index (χ1n) is 16.2. The van der Waals surface area contributed by atoms with Gasteiger partial charge in [-0.2, -0.15) is 11.8 Å². The highest BCUT2D eigenvalue weighted by molar-refractivity contribution is 7.98. The maximum Gasteiger partial charge on any atom is 0.252 e. The Hall–Kier alpha value is -4.60. The molecule has 0 bridgehead atoms. The van der Waals surface area contributed by atoms with E-state index in [0.717, 1.165) is 4.90 Å². The van der Waals surface area contributed by atoms with Crippen LogP contribution in [0.4, 0.5) is 5.69 Å². The molecule has 0 aromatic heterocycles. The second-order valence-corrected chi connectivity index (χ2v) is 13.0. The molecular weight excluding hydrogens is 650 g/mol. The van der Waals surface area contributed by atoms with Crippen molar-refractivity contribution in [2.24, 2.45) is 11.5 Å². The van der Waals surface area contributed by atoms with Gasteiger partial charge in [0.2, 0.25) is 17.7 Å². The minimum atomic E-state index is -1.09. The molecule has 0 spiro atoms. The molecule has 0 radical (unpaired) electrons. The summed E-state index contributed by atoms with van der Waals surface area (Å²) in [5.41, 5.74) is 13.1. The smallest absolute Gasteiger partial charge is 0.252 e. The van der Waals surface area contributed by atoms with Gasteiger partial charge >= 0.3 is 0 Å². The summed E-state index contributed by atoms with van der Waals surface area (Å²) in [7, 11) is 0. The molecule has 262 valence electrons. The average Bonchev–Trinajstić information content (AvgIpc) is 3.59. The predicted octanol–water partition coefficient (Wildman–Crippen LogP) is 0.269. The molecule has 49 heavy (non-hydrogen) atoms. The largest absolute Gasteiger partial charge is 0.384 e. The molecular formula is C34H43N7O7S. The first-order chi connectivity index (χ1) is 23.4.